The molecule has 1 heterocycles. The molecule has 1 saturated carbocycles. The molecule has 24 heavy (non-hydrogen) atoms. The van der Waals surface area contributed by atoms with Crippen LogP contribution in [0, 0.1) is 6.92 Å². The highest BCUT2D eigenvalue weighted by atomic mass is 32.2. The van der Waals surface area contributed by atoms with Crippen molar-refractivity contribution < 1.29 is 4.79 Å². The van der Waals surface area contributed by atoms with Gasteiger partial charge in [0.15, 0.2) is 5.16 Å². The fourth-order valence-electron chi connectivity index (χ4n) is 2.59. The molecule has 0 radical (unpaired) electrons. The molecule has 3 rings (SSSR count). The molecule has 1 amide bonds. The Kier molecular flexibility index (Phi) is 4.94. The van der Waals surface area contributed by atoms with Crippen LogP contribution in [0.15, 0.2) is 29.4 Å². The Balaban J connectivity index is 1.62. The van der Waals surface area contributed by atoms with E-state index in [9.17, 15) is 4.79 Å². The zero-order chi connectivity index (χ0) is 17.3. The van der Waals surface area contributed by atoms with E-state index in [1.54, 1.807) is 0 Å². The highest BCUT2D eigenvalue weighted by molar-refractivity contribution is 8.00. The Labute approximate surface area is 147 Å². The normalized spacial score (nSPS) is 15.5. The van der Waals surface area contributed by atoms with Crippen molar-refractivity contribution >= 4 is 23.4 Å². The maximum Gasteiger partial charge on any atom is 0.237 e. The molecular weight excluding hydrogens is 320 g/mol. The lowest BCUT2D eigenvalue weighted by molar-refractivity contribution is -0.115. The minimum absolute atomic E-state index is 0.0136. The second kappa shape index (κ2) is 6.97. The Morgan fingerprint density at radius 2 is 1.88 bits per heavy atom. The van der Waals surface area contributed by atoms with Crippen molar-refractivity contribution in [1.29, 1.82) is 0 Å². The van der Waals surface area contributed by atoms with Crippen LogP contribution in [0.25, 0.3) is 0 Å². The second-order valence-corrected chi connectivity index (χ2v) is 7.96. The van der Waals surface area contributed by atoms with Crippen LogP contribution in [0.4, 0.5) is 5.69 Å². The summed E-state index contributed by atoms with van der Waals surface area (Å²) >= 11 is 1.47. The lowest BCUT2D eigenvalue weighted by atomic mass is 10.0. The van der Waals surface area contributed by atoms with Gasteiger partial charge in [0.2, 0.25) is 5.91 Å². The summed E-state index contributed by atoms with van der Waals surface area (Å²) in [6, 6.07) is 8.56. The monoisotopic (exact) mass is 344 g/mol. The largest absolute Gasteiger partial charge is 0.325 e. The Morgan fingerprint density at radius 3 is 2.46 bits per heavy atom. The summed E-state index contributed by atoms with van der Waals surface area (Å²) in [4.78, 5) is 12.4. The van der Waals surface area contributed by atoms with Crippen LogP contribution < -0.4 is 5.32 Å². The number of hydrogen-bond acceptors (Lipinski definition) is 4. The molecule has 5 nitrogen and oxygen atoms in total. The Bertz CT molecular complexity index is 719. The lowest BCUT2D eigenvalue weighted by Crippen LogP contribution is -2.23. The van der Waals surface area contributed by atoms with Crippen LogP contribution in [-0.4, -0.2) is 25.9 Å². The van der Waals surface area contributed by atoms with Crippen molar-refractivity contribution in [2.45, 2.75) is 62.9 Å². The molecule has 1 aromatic carbocycles. The number of aryl methyl sites for hydroxylation is 1. The smallest absolute Gasteiger partial charge is 0.237 e. The molecule has 1 atom stereocenters. The molecule has 6 heteroatoms. The van der Waals surface area contributed by atoms with Crippen molar-refractivity contribution in [3.8, 4) is 0 Å². The average Bonchev–Trinajstić information content (AvgIpc) is 3.32. The first-order valence-electron chi connectivity index (χ1n) is 8.44. The Hall–Kier alpha value is -1.82. The summed E-state index contributed by atoms with van der Waals surface area (Å²) in [5.74, 6) is 1.40. The van der Waals surface area contributed by atoms with E-state index in [1.165, 1.54) is 30.2 Å². The zero-order valence-electron chi connectivity index (χ0n) is 14.6. The Morgan fingerprint density at radius 1 is 1.21 bits per heavy atom. The molecule has 1 N–H and O–H groups in total. The van der Waals surface area contributed by atoms with Crippen molar-refractivity contribution in [2.75, 3.05) is 5.32 Å². The first kappa shape index (κ1) is 17.0. The fraction of sp³-hybridized carbons (Fsp3) is 0.500. The summed E-state index contributed by atoms with van der Waals surface area (Å²) in [6.45, 7) is 8.19. The standard InChI is InChI=1S/C18H24N4OS/c1-11(2)14-5-7-15(8-6-14)19-17(23)12(3)24-18-21-20-13(4)22(18)16-9-10-16/h5-8,11-12,16H,9-10H2,1-4H3,(H,19,23)/t12-/m0/s1. The van der Waals surface area contributed by atoms with E-state index in [1.807, 2.05) is 26.0 Å². The van der Waals surface area contributed by atoms with Crippen LogP contribution >= 0.6 is 11.8 Å². The number of nitrogens with one attached hydrogen (secondary N) is 1. The molecule has 1 aliphatic rings. The maximum absolute atomic E-state index is 12.4. The van der Waals surface area contributed by atoms with Crippen molar-refractivity contribution in [3.63, 3.8) is 0 Å². The number of thioether (sulfide) groups is 1. The number of rotatable bonds is 6. The number of carbonyl (C=O) groups is 1. The second-order valence-electron chi connectivity index (χ2n) is 6.66. The van der Waals surface area contributed by atoms with Gasteiger partial charge in [-0.15, -0.1) is 10.2 Å². The minimum Gasteiger partial charge on any atom is -0.325 e. The third-order valence-corrected chi connectivity index (χ3v) is 5.30. The topological polar surface area (TPSA) is 59.8 Å². The van der Waals surface area contributed by atoms with Gasteiger partial charge in [-0.1, -0.05) is 37.7 Å². The highest BCUT2D eigenvalue weighted by Gasteiger charge is 2.29. The quantitative estimate of drug-likeness (QED) is 0.799. The predicted octanol–water partition coefficient (Wildman–Crippen LogP) is 4.16. The summed E-state index contributed by atoms with van der Waals surface area (Å²) in [7, 11) is 0. The maximum atomic E-state index is 12.4. The first-order chi connectivity index (χ1) is 11.5. The zero-order valence-corrected chi connectivity index (χ0v) is 15.4. The number of hydrogen-bond donors (Lipinski definition) is 1. The number of carbonyl (C=O) groups excluding carboxylic acids is 1. The van der Waals surface area contributed by atoms with Crippen molar-refractivity contribution in [1.82, 2.24) is 14.8 Å². The molecule has 1 fully saturated rings. The van der Waals surface area contributed by atoms with Gasteiger partial charge in [-0.2, -0.15) is 0 Å². The van der Waals surface area contributed by atoms with Crippen LogP contribution in [0.2, 0.25) is 0 Å². The van der Waals surface area contributed by atoms with Gasteiger partial charge in [0.05, 0.1) is 5.25 Å². The van der Waals surface area contributed by atoms with Crippen LogP contribution in [-0.2, 0) is 4.79 Å². The molecule has 0 saturated heterocycles. The van der Waals surface area contributed by atoms with E-state index < -0.39 is 0 Å². The molecule has 1 aromatic heterocycles. The van der Waals surface area contributed by atoms with Crippen molar-refractivity contribution in [3.05, 3.63) is 35.7 Å². The van der Waals surface area contributed by atoms with E-state index in [-0.39, 0.29) is 11.2 Å². The summed E-state index contributed by atoms with van der Waals surface area (Å²) in [5, 5.41) is 12.0. The van der Waals surface area contributed by atoms with Crippen LogP contribution in [0.5, 0.6) is 0 Å². The summed E-state index contributed by atoms with van der Waals surface area (Å²) in [6.07, 6.45) is 2.35. The van der Waals surface area contributed by atoms with Gasteiger partial charge in [0.1, 0.15) is 5.82 Å². The molecule has 0 unspecified atom stereocenters. The molecule has 0 bridgehead atoms. The van der Waals surface area contributed by atoms with E-state index in [0.29, 0.717) is 12.0 Å². The number of anilines is 1. The molecule has 128 valence electrons. The first-order valence-corrected chi connectivity index (χ1v) is 9.32. The third kappa shape index (κ3) is 3.80. The van der Waals surface area contributed by atoms with Gasteiger partial charge < -0.3 is 9.88 Å². The molecule has 0 spiro atoms. The number of aromatic nitrogens is 3. The lowest BCUT2D eigenvalue weighted by Gasteiger charge is -2.13. The van der Waals surface area contributed by atoms with Gasteiger partial charge in [0.25, 0.3) is 0 Å². The number of nitrogens with zero attached hydrogens (tertiary/aromatic N) is 3. The van der Waals surface area contributed by atoms with E-state index in [0.717, 1.165) is 16.7 Å². The van der Waals surface area contributed by atoms with Gasteiger partial charge in [-0.25, -0.2) is 0 Å². The van der Waals surface area contributed by atoms with Gasteiger partial charge >= 0.3 is 0 Å². The van der Waals surface area contributed by atoms with E-state index in [4.69, 9.17) is 0 Å². The van der Waals surface area contributed by atoms with Crippen LogP contribution in [0.1, 0.15) is 57.0 Å². The predicted molar refractivity (Wildman–Crippen MR) is 97.5 cm³/mol. The fourth-order valence-corrected chi connectivity index (χ4v) is 3.56. The minimum atomic E-state index is -0.226. The van der Waals surface area contributed by atoms with E-state index in [2.05, 4.69) is 46.1 Å². The number of benzene rings is 1. The third-order valence-electron chi connectivity index (χ3n) is 4.24. The molecular formula is C18H24N4OS. The highest BCUT2D eigenvalue weighted by Crippen LogP contribution is 2.39. The summed E-state index contributed by atoms with van der Waals surface area (Å²) in [5.41, 5.74) is 2.10. The van der Waals surface area contributed by atoms with E-state index >= 15 is 0 Å². The van der Waals surface area contributed by atoms with Gasteiger partial charge in [0, 0.05) is 11.7 Å². The van der Waals surface area contributed by atoms with Gasteiger partial charge in [-0.05, 0) is 50.3 Å². The molecule has 2 aromatic rings. The molecule has 1 aliphatic carbocycles. The SMILES string of the molecule is Cc1nnc(S[C@@H](C)C(=O)Nc2ccc(C(C)C)cc2)n1C1CC1. The molecule has 0 aliphatic heterocycles. The van der Waals surface area contributed by atoms with Crippen LogP contribution in [0.3, 0.4) is 0 Å². The van der Waals surface area contributed by atoms with Gasteiger partial charge in [-0.3, -0.25) is 4.79 Å². The number of amides is 1. The average molecular weight is 344 g/mol. The van der Waals surface area contributed by atoms with Crippen molar-refractivity contribution in [2.24, 2.45) is 0 Å². The summed E-state index contributed by atoms with van der Waals surface area (Å²) < 4.78 is 2.16.